The van der Waals surface area contributed by atoms with Crippen LogP contribution in [0.2, 0.25) is 0 Å². The van der Waals surface area contributed by atoms with Gasteiger partial charge in [0.25, 0.3) is 0 Å². The molecule has 3 nitrogen and oxygen atoms in total. The normalized spacial score (nSPS) is 20.0. The molecule has 5 heteroatoms. The van der Waals surface area contributed by atoms with Gasteiger partial charge < -0.3 is 10.6 Å². The average Bonchev–Trinajstić information content (AvgIpc) is 2.48. The van der Waals surface area contributed by atoms with E-state index in [1.54, 1.807) is 6.92 Å². The zero-order valence-electron chi connectivity index (χ0n) is 12.3. The van der Waals surface area contributed by atoms with Gasteiger partial charge in [-0.25, -0.2) is 8.78 Å². The van der Waals surface area contributed by atoms with Crippen LogP contribution in [0.25, 0.3) is 0 Å². The Morgan fingerprint density at radius 1 is 1.43 bits per heavy atom. The van der Waals surface area contributed by atoms with E-state index in [-0.39, 0.29) is 11.5 Å². The first-order chi connectivity index (χ1) is 10.1. The lowest BCUT2D eigenvalue weighted by molar-refractivity contribution is -0.122. The SMILES string of the molecule is CC(NC(=O)CCC1CCCCN1)c1cc(F)ccc1F. The summed E-state index contributed by atoms with van der Waals surface area (Å²) >= 11 is 0. The molecule has 2 atom stereocenters. The molecule has 0 saturated carbocycles. The highest BCUT2D eigenvalue weighted by Gasteiger charge is 2.17. The van der Waals surface area contributed by atoms with Crippen molar-refractivity contribution in [2.24, 2.45) is 0 Å². The van der Waals surface area contributed by atoms with Gasteiger partial charge in [-0.3, -0.25) is 4.79 Å². The topological polar surface area (TPSA) is 41.1 Å². The summed E-state index contributed by atoms with van der Waals surface area (Å²) in [5, 5.41) is 6.12. The predicted octanol–water partition coefficient (Wildman–Crippen LogP) is 3.06. The summed E-state index contributed by atoms with van der Waals surface area (Å²) in [5.41, 5.74) is 0.180. The monoisotopic (exact) mass is 296 g/mol. The third kappa shape index (κ3) is 4.77. The molecule has 1 aromatic rings. The van der Waals surface area contributed by atoms with Crippen LogP contribution < -0.4 is 10.6 Å². The molecule has 1 amide bonds. The van der Waals surface area contributed by atoms with Crippen molar-refractivity contribution in [3.63, 3.8) is 0 Å². The van der Waals surface area contributed by atoms with E-state index in [0.717, 1.165) is 37.6 Å². The maximum absolute atomic E-state index is 13.6. The average molecular weight is 296 g/mol. The Labute approximate surface area is 124 Å². The minimum absolute atomic E-state index is 0.126. The molecule has 0 radical (unpaired) electrons. The van der Waals surface area contributed by atoms with Gasteiger partial charge in [0.05, 0.1) is 6.04 Å². The summed E-state index contributed by atoms with van der Waals surface area (Å²) in [5.74, 6) is -1.13. The molecule has 1 heterocycles. The van der Waals surface area contributed by atoms with Gasteiger partial charge in [-0.2, -0.15) is 0 Å². The van der Waals surface area contributed by atoms with Crippen molar-refractivity contribution in [2.45, 2.75) is 51.1 Å². The number of piperidine rings is 1. The minimum Gasteiger partial charge on any atom is -0.349 e. The van der Waals surface area contributed by atoms with Gasteiger partial charge in [0.1, 0.15) is 11.6 Å². The van der Waals surface area contributed by atoms with Crippen molar-refractivity contribution < 1.29 is 13.6 Å². The molecule has 1 aliphatic rings. The molecule has 0 spiro atoms. The fourth-order valence-electron chi connectivity index (χ4n) is 2.71. The second-order valence-electron chi connectivity index (χ2n) is 5.64. The molecule has 2 N–H and O–H groups in total. The first-order valence-electron chi connectivity index (χ1n) is 7.54. The van der Waals surface area contributed by atoms with Gasteiger partial charge in [-0.1, -0.05) is 6.42 Å². The van der Waals surface area contributed by atoms with Gasteiger partial charge in [0, 0.05) is 18.0 Å². The van der Waals surface area contributed by atoms with Crippen molar-refractivity contribution in [1.29, 1.82) is 0 Å². The van der Waals surface area contributed by atoms with Crippen molar-refractivity contribution in [3.8, 4) is 0 Å². The summed E-state index contributed by atoms with van der Waals surface area (Å²) in [4.78, 5) is 11.9. The summed E-state index contributed by atoms with van der Waals surface area (Å²) in [6.45, 7) is 2.67. The smallest absolute Gasteiger partial charge is 0.220 e. The number of halogens is 2. The molecule has 0 aromatic heterocycles. The van der Waals surface area contributed by atoms with Gasteiger partial charge in [0.15, 0.2) is 0 Å². The van der Waals surface area contributed by atoms with Gasteiger partial charge in [0.2, 0.25) is 5.91 Å². The lowest BCUT2D eigenvalue weighted by Gasteiger charge is -2.23. The Kier molecular flexibility index (Phi) is 5.67. The van der Waals surface area contributed by atoms with Crippen LogP contribution in [0.5, 0.6) is 0 Å². The molecule has 1 aromatic carbocycles. The van der Waals surface area contributed by atoms with Crippen molar-refractivity contribution >= 4 is 5.91 Å². The minimum atomic E-state index is -0.535. The fraction of sp³-hybridized carbons (Fsp3) is 0.562. The number of hydrogen-bond acceptors (Lipinski definition) is 2. The molecule has 2 rings (SSSR count). The van der Waals surface area contributed by atoms with Crippen LogP contribution in [0.4, 0.5) is 8.78 Å². The molecular formula is C16H22F2N2O. The highest BCUT2D eigenvalue weighted by molar-refractivity contribution is 5.76. The van der Waals surface area contributed by atoms with E-state index in [1.165, 1.54) is 12.8 Å². The maximum atomic E-state index is 13.6. The second kappa shape index (κ2) is 7.50. The number of nitrogens with one attached hydrogen (secondary N) is 2. The Morgan fingerprint density at radius 2 is 2.24 bits per heavy atom. The van der Waals surface area contributed by atoms with Crippen LogP contribution >= 0.6 is 0 Å². The molecule has 1 fully saturated rings. The molecule has 21 heavy (non-hydrogen) atoms. The number of hydrogen-bond donors (Lipinski definition) is 2. The molecule has 116 valence electrons. The van der Waals surface area contributed by atoms with Crippen molar-refractivity contribution in [3.05, 3.63) is 35.4 Å². The van der Waals surface area contributed by atoms with Crippen LogP contribution in [0.3, 0.4) is 0 Å². The molecule has 0 aliphatic carbocycles. The van der Waals surface area contributed by atoms with Gasteiger partial charge >= 0.3 is 0 Å². The highest BCUT2D eigenvalue weighted by Crippen LogP contribution is 2.18. The van der Waals surface area contributed by atoms with E-state index in [9.17, 15) is 13.6 Å². The Balaban J connectivity index is 1.82. The first kappa shape index (κ1) is 15.9. The standard InChI is InChI=1S/C16H22F2N2O/c1-11(14-10-12(17)5-7-15(14)18)20-16(21)8-6-13-4-2-3-9-19-13/h5,7,10-11,13,19H,2-4,6,8-9H2,1H3,(H,20,21). The fourth-order valence-corrected chi connectivity index (χ4v) is 2.71. The lowest BCUT2D eigenvalue weighted by atomic mass is 10.00. The third-order valence-electron chi connectivity index (χ3n) is 3.93. The lowest BCUT2D eigenvalue weighted by Crippen LogP contribution is -2.35. The Bertz CT molecular complexity index is 487. The van der Waals surface area contributed by atoms with Crippen LogP contribution in [0, 0.1) is 11.6 Å². The van der Waals surface area contributed by atoms with E-state index in [0.29, 0.717) is 12.5 Å². The number of carbonyl (C=O) groups is 1. The van der Waals surface area contributed by atoms with Crippen molar-refractivity contribution in [2.75, 3.05) is 6.54 Å². The number of amides is 1. The summed E-state index contributed by atoms with van der Waals surface area (Å²) in [6, 6.07) is 3.14. The second-order valence-corrected chi connectivity index (χ2v) is 5.64. The molecule has 2 unspecified atom stereocenters. The summed E-state index contributed by atoms with van der Waals surface area (Å²) < 4.78 is 26.8. The van der Waals surface area contributed by atoms with Crippen LogP contribution in [-0.4, -0.2) is 18.5 Å². The first-order valence-corrected chi connectivity index (χ1v) is 7.54. The third-order valence-corrected chi connectivity index (χ3v) is 3.93. The zero-order chi connectivity index (χ0) is 15.2. The van der Waals surface area contributed by atoms with Crippen LogP contribution in [0.15, 0.2) is 18.2 Å². The molecule has 0 bridgehead atoms. The van der Waals surface area contributed by atoms with Crippen LogP contribution in [0.1, 0.15) is 50.6 Å². The number of carbonyl (C=O) groups excluding carboxylic acids is 1. The van der Waals surface area contributed by atoms with Crippen LogP contribution in [-0.2, 0) is 4.79 Å². The van der Waals surface area contributed by atoms with E-state index >= 15 is 0 Å². The van der Waals surface area contributed by atoms with E-state index < -0.39 is 17.7 Å². The quantitative estimate of drug-likeness (QED) is 0.877. The highest BCUT2D eigenvalue weighted by atomic mass is 19.1. The molecular weight excluding hydrogens is 274 g/mol. The maximum Gasteiger partial charge on any atom is 0.220 e. The number of benzene rings is 1. The van der Waals surface area contributed by atoms with Crippen molar-refractivity contribution in [1.82, 2.24) is 10.6 Å². The van der Waals surface area contributed by atoms with E-state index in [2.05, 4.69) is 10.6 Å². The zero-order valence-corrected chi connectivity index (χ0v) is 12.3. The number of rotatable bonds is 5. The molecule has 1 aliphatic heterocycles. The summed E-state index contributed by atoms with van der Waals surface area (Å²) in [6.07, 6.45) is 4.67. The largest absolute Gasteiger partial charge is 0.349 e. The molecule has 1 saturated heterocycles. The van der Waals surface area contributed by atoms with E-state index in [1.807, 2.05) is 0 Å². The summed E-state index contributed by atoms with van der Waals surface area (Å²) in [7, 11) is 0. The van der Waals surface area contributed by atoms with E-state index in [4.69, 9.17) is 0 Å². The van der Waals surface area contributed by atoms with Gasteiger partial charge in [-0.05, 0) is 50.9 Å². The Morgan fingerprint density at radius 3 is 2.95 bits per heavy atom. The van der Waals surface area contributed by atoms with Gasteiger partial charge in [-0.15, -0.1) is 0 Å². The Hall–Kier alpha value is -1.49. The predicted molar refractivity (Wildman–Crippen MR) is 77.8 cm³/mol.